The van der Waals surface area contributed by atoms with Crippen LogP contribution in [0, 0.1) is 5.00 Å². The van der Waals surface area contributed by atoms with Crippen molar-refractivity contribution in [2.75, 3.05) is 6.16 Å². The van der Waals surface area contributed by atoms with E-state index in [9.17, 15) is 0 Å². The highest BCUT2D eigenvalue weighted by molar-refractivity contribution is 7.40. The van der Waals surface area contributed by atoms with Crippen LogP contribution in [0.25, 0.3) is 0 Å². The summed E-state index contributed by atoms with van der Waals surface area (Å²) < 4.78 is 5.45. The predicted molar refractivity (Wildman–Crippen MR) is 41.3 cm³/mol. The Morgan fingerprint density at radius 1 is 1.70 bits per heavy atom. The summed E-state index contributed by atoms with van der Waals surface area (Å²) in [5.41, 5.74) is 5.26. The number of nitrogens with two attached hydrogens (primary N) is 1. The summed E-state index contributed by atoms with van der Waals surface area (Å²) >= 11 is 0. The lowest BCUT2D eigenvalue weighted by Crippen LogP contribution is -2.11. The van der Waals surface area contributed by atoms with Gasteiger partial charge in [-0.25, -0.2) is 5.00 Å². The lowest BCUT2D eigenvalue weighted by Gasteiger charge is -2.06. The Kier molecular flexibility index (Phi) is 2.70. The molecule has 0 radical (unpaired) electrons. The Morgan fingerprint density at radius 2 is 2.40 bits per heavy atom. The van der Waals surface area contributed by atoms with E-state index in [0.29, 0.717) is 12.3 Å². The Labute approximate surface area is 61.9 Å². The van der Waals surface area contributed by atoms with Crippen LogP contribution < -0.4 is 5.50 Å². The highest BCUT2D eigenvalue weighted by Gasteiger charge is 2.21. The van der Waals surface area contributed by atoms with Crippen molar-refractivity contribution in [2.24, 2.45) is 5.50 Å². The van der Waals surface area contributed by atoms with Gasteiger partial charge in [-0.3, -0.25) is 5.50 Å². The Bertz CT molecular complexity index is 174. The lowest BCUT2D eigenvalue weighted by atomic mass is 10.2. The molecule has 1 rings (SSSR count). The van der Waals surface area contributed by atoms with Gasteiger partial charge in [0.15, 0.2) is 0 Å². The average Bonchev–Trinajstić information content (AvgIpc) is 2.13. The summed E-state index contributed by atoms with van der Waals surface area (Å²) in [5, 5.41) is 8.86. The fourth-order valence-corrected chi connectivity index (χ4v) is 1.91. The second kappa shape index (κ2) is 3.36. The van der Waals surface area contributed by atoms with Crippen LogP contribution in [0.5, 0.6) is 0 Å². The van der Waals surface area contributed by atoms with Gasteiger partial charge in [-0.1, -0.05) is 0 Å². The van der Waals surface area contributed by atoms with Gasteiger partial charge in [0.2, 0.25) is 0 Å². The molecule has 0 saturated carbocycles. The predicted octanol–water partition coefficient (Wildman–Crippen LogP) is 1.39. The van der Waals surface area contributed by atoms with Crippen molar-refractivity contribution < 1.29 is 4.74 Å². The van der Waals surface area contributed by atoms with Crippen LogP contribution in [-0.4, -0.2) is 18.4 Å². The summed E-state index contributed by atoms with van der Waals surface area (Å²) in [7, 11) is -1.26. The fraction of sp³-hybridized carbons (Fsp3) is 1.00. The van der Waals surface area contributed by atoms with Gasteiger partial charge in [-0.15, -0.1) is 0 Å². The minimum Gasteiger partial charge on any atom is -0.374 e. The maximum atomic E-state index is 8.86. The molecule has 0 aromatic heterocycles. The van der Waals surface area contributed by atoms with Crippen LogP contribution in [0.4, 0.5) is 0 Å². The first-order valence-corrected chi connectivity index (χ1v) is 5.10. The van der Waals surface area contributed by atoms with Gasteiger partial charge in [0, 0.05) is 0 Å². The molecule has 1 aliphatic heterocycles. The van der Waals surface area contributed by atoms with Crippen LogP contribution in [0.1, 0.15) is 19.8 Å². The highest BCUT2D eigenvalue weighted by Crippen LogP contribution is 2.23. The van der Waals surface area contributed by atoms with Crippen LogP contribution in [-0.2, 0) is 4.74 Å². The quantitative estimate of drug-likeness (QED) is 0.589. The van der Waals surface area contributed by atoms with E-state index < -0.39 is 7.71 Å². The van der Waals surface area contributed by atoms with Gasteiger partial charge in [-0.05, 0) is 19.8 Å². The number of hydrogen-bond donors (Lipinski definition) is 1. The van der Waals surface area contributed by atoms with E-state index in [1.165, 1.54) is 0 Å². The highest BCUT2D eigenvalue weighted by atomic mass is 31.1. The smallest absolute Gasteiger partial charge is 0.116 e. The van der Waals surface area contributed by atoms with Crippen molar-refractivity contribution in [3.63, 3.8) is 0 Å². The Hall–Kier alpha value is -0.0700. The molecule has 10 heavy (non-hydrogen) atoms. The molecule has 0 bridgehead atoms. The molecule has 1 fully saturated rings. The molecular formula is C6H13N2OP. The topological polar surface area (TPSA) is 59.0 Å². The van der Waals surface area contributed by atoms with Crippen molar-refractivity contribution >= 4 is 7.71 Å². The van der Waals surface area contributed by atoms with E-state index >= 15 is 0 Å². The summed E-state index contributed by atoms with van der Waals surface area (Å²) in [4.78, 5) is 0. The first kappa shape index (κ1) is 8.03. The third-order valence-corrected chi connectivity index (χ3v) is 2.49. The summed E-state index contributed by atoms with van der Waals surface area (Å²) in [6, 6.07) is 0. The molecule has 4 heteroatoms. The van der Waals surface area contributed by atoms with E-state index in [1.54, 1.807) is 0 Å². The Morgan fingerprint density at radius 3 is 2.80 bits per heavy atom. The minimum absolute atomic E-state index is 0.219. The molecule has 3 nitrogen and oxygen atoms in total. The molecule has 3 unspecified atom stereocenters. The molecule has 1 heterocycles. The minimum atomic E-state index is -1.26. The molecule has 3 atom stereocenters. The zero-order valence-electron chi connectivity index (χ0n) is 6.16. The monoisotopic (exact) mass is 160 g/mol. The number of ether oxygens (including phenoxy) is 1. The largest absolute Gasteiger partial charge is 0.374 e. The van der Waals surface area contributed by atoms with Gasteiger partial charge in [0.05, 0.1) is 18.4 Å². The van der Waals surface area contributed by atoms with Gasteiger partial charge < -0.3 is 4.74 Å². The van der Waals surface area contributed by atoms with Crippen molar-refractivity contribution in [2.45, 2.75) is 32.0 Å². The van der Waals surface area contributed by atoms with E-state index in [-0.39, 0.29) is 6.10 Å². The molecule has 0 aromatic rings. The normalized spacial score (nSPS) is 34.3. The summed E-state index contributed by atoms with van der Waals surface area (Å²) in [5.74, 6) is 0. The molecule has 2 N–H and O–H groups in total. The van der Waals surface area contributed by atoms with E-state index in [4.69, 9.17) is 15.2 Å². The molecule has 58 valence electrons. The number of hydrogen-bond acceptors (Lipinski definition) is 3. The SMILES string of the molecule is CC1CCC(CP(#N)N)O1. The van der Waals surface area contributed by atoms with E-state index in [1.807, 2.05) is 0 Å². The number of nitrogens with zero attached hydrogens (tertiary/aromatic N) is 1. The van der Waals surface area contributed by atoms with Gasteiger partial charge >= 0.3 is 0 Å². The zero-order valence-corrected chi connectivity index (χ0v) is 7.05. The summed E-state index contributed by atoms with van der Waals surface area (Å²) in [6.07, 6.45) is 3.38. The lowest BCUT2D eigenvalue weighted by molar-refractivity contribution is 0.0695. The van der Waals surface area contributed by atoms with Crippen LogP contribution >= 0.6 is 7.71 Å². The van der Waals surface area contributed by atoms with Crippen LogP contribution in [0.2, 0.25) is 0 Å². The third-order valence-electron chi connectivity index (χ3n) is 1.71. The van der Waals surface area contributed by atoms with Crippen LogP contribution in [0.15, 0.2) is 0 Å². The first-order valence-electron chi connectivity index (χ1n) is 3.55. The molecule has 1 saturated heterocycles. The standard InChI is InChI=1S/C6H13N2OP/c1-5-2-3-6(9-5)4-10(7)8/h5-6H,2-4,7H2,1H3. The second-order valence-corrected chi connectivity index (χ2v) is 4.01. The van der Waals surface area contributed by atoms with E-state index in [2.05, 4.69) is 6.92 Å². The molecule has 1 aliphatic rings. The summed E-state index contributed by atoms with van der Waals surface area (Å²) in [6.45, 7) is 2.05. The van der Waals surface area contributed by atoms with Crippen molar-refractivity contribution in [3.8, 4) is 0 Å². The first-order chi connectivity index (χ1) is 4.68. The van der Waals surface area contributed by atoms with Gasteiger partial charge in [-0.2, -0.15) is 0 Å². The second-order valence-electron chi connectivity index (χ2n) is 2.77. The zero-order chi connectivity index (χ0) is 7.56. The molecule has 0 spiro atoms. The Balaban J connectivity index is 2.27. The third kappa shape index (κ3) is 2.28. The maximum Gasteiger partial charge on any atom is 0.116 e. The van der Waals surface area contributed by atoms with Crippen molar-refractivity contribution in [1.29, 1.82) is 5.00 Å². The molecular weight excluding hydrogens is 147 g/mol. The van der Waals surface area contributed by atoms with Gasteiger partial charge in [0.25, 0.3) is 0 Å². The number of rotatable bonds is 1. The maximum absolute atomic E-state index is 8.86. The van der Waals surface area contributed by atoms with Crippen molar-refractivity contribution in [1.82, 2.24) is 0 Å². The van der Waals surface area contributed by atoms with Gasteiger partial charge in [0.1, 0.15) is 7.71 Å². The van der Waals surface area contributed by atoms with E-state index in [0.717, 1.165) is 12.8 Å². The van der Waals surface area contributed by atoms with Crippen LogP contribution in [0.3, 0.4) is 0 Å². The average molecular weight is 160 g/mol. The van der Waals surface area contributed by atoms with Crippen molar-refractivity contribution in [3.05, 3.63) is 0 Å². The molecule has 0 aromatic carbocycles. The molecule has 0 amide bonds. The fourth-order valence-electron chi connectivity index (χ4n) is 1.23. The molecule has 0 aliphatic carbocycles.